The predicted molar refractivity (Wildman–Crippen MR) is 176 cm³/mol. The second-order valence-corrected chi connectivity index (χ2v) is 11.9. The molecule has 0 aliphatic carbocycles. The molecule has 4 aromatic heterocycles. The van der Waals surface area contributed by atoms with Crippen LogP contribution in [0, 0.1) is 41.5 Å². The maximum Gasteiger partial charge on any atom is 0.137 e. The monoisotopic (exact) mass is 554 g/mol. The molecule has 4 heteroatoms. The van der Waals surface area contributed by atoms with E-state index in [1.165, 1.54) is 55.8 Å². The first kappa shape index (κ1) is 27.7. The van der Waals surface area contributed by atoms with E-state index in [2.05, 4.69) is 136 Å². The Morgan fingerprint density at radius 2 is 0.857 bits per heavy atom. The number of fused-ring (bicyclic) bond motifs is 1. The molecule has 0 radical (unpaired) electrons. The summed E-state index contributed by atoms with van der Waals surface area (Å²) in [6.07, 6.45) is 3.77. The Kier molecular flexibility index (Phi) is 7.55. The molecule has 0 aliphatic rings. The zero-order valence-corrected chi connectivity index (χ0v) is 25.7. The highest BCUT2D eigenvalue weighted by Gasteiger charge is 2.10. The molecule has 0 fully saturated rings. The van der Waals surface area contributed by atoms with Crippen LogP contribution in [0.2, 0.25) is 0 Å². The maximum atomic E-state index is 5.04. The summed E-state index contributed by atoms with van der Waals surface area (Å²) >= 11 is 0. The van der Waals surface area contributed by atoms with E-state index in [1.54, 1.807) is 0 Å². The van der Waals surface area contributed by atoms with E-state index in [1.807, 2.05) is 0 Å². The number of hydrogen-bond donors (Lipinski definition) is 0. The maximum absolute atomic E-state index is 5.04. The summed E-state index contributed by atoms with van der Waals surface area (Å²) in [5.41, 5.74) is 12.3. The van der Waals surface area contributed by atoms with Crippen LogP contribution in [0.4, 0.5) is 0 Å². The van der Waals surface area contributed by atoms with Gasteiger partial charge >= 0.3 is 0 Å². The van der Waals surface area contributed by atoms with E-state index in [-0.39, 0.29) is 1.43 Å². The molecule has 6 aromatic rings. The molecule has 0 amide bonds. The van der Waals surface area contributed by atoms with Crippen molar-refractivity contribution in [1.29, 1.82) is 0 Å². The second-order valence-electron chi connectivity index (χ2n) is 11.9. The third kappa shape index (κ3) is 5.80. The highest BCUT2D eigenvalue weighted by Crippen LogP contribution is 2.22. The molecule has 0 aliphatic heterocycles. The van der Waals surface area contributed by atoms with Crippen LogP contribution < -0.4 is 0 Å². The minimum absolute atomic E-state index is 0. The molecule has 0 saturated carbocycles. The van der Waals surface area contributed by atoms with Gasteiger partial charge in [0, 0.05) is 35.6 Å². The van der Waals surface area contributed by atoms with E-state index in [0.717, 1.165) is 48.7 Å². The summed E-state index contributed by atoms with van der Waals surface area (Å²) in [7, 11) is 0. The van der Waals surface area contributed by atoms with Crippen LogP contribution in [-0.4, -0.2) is 19.1 Å². The van der Waals surface area contributed by atoms with Crippen molar-refractivity contribution in [1.82, 2.24) is 19.1 Å². The molecule has 0 N–H and O–H groups in total. The minimum Gasteiger partial charge on any atom is -0.303 e. The Bertz CT molecular complexity index is 1740. The molecule has 0 saturated heterocycles. The molecule has 0 atom stereocenters. The van der Waals surface area contributed by atoms with Crippen molar-refractivity contribution < 1.29 is 1.43 Å². The van der Waals surface area contributed by atoms with Crippen LogP contribution in [0.3, 0.4) is 0 Å². The fourth-order valence-corrected chi connectivity index (χ4v) is 6.19. The largest absolute Gasteiger partial charge is 0.303 e. The van der Waals surface area contributed by atoms with Crippen molar-refractivity contribution >= 4 is 10.8 Å². The summed E-state index contributed by atoms with van der Waals surface area (Å²) < 4.78 is 4.48. The summed E-state index contributed by atoms with van der Waals surface area (Å²) in [4.78, 5) is 10.1. The van der Waals surface area contributed by atoms with Gasteiger partial charge in [-0.25, -0.2) is 9.97 Å². The molecule has 0 bridgehead atoms. The standard InChI is InChI=1S/C38H40N4.H2/c1-25-19-35(39-37(21-25)41-27(3)7-8-28(41)4)17-13-31-11-15-33-16-12-32(24-34(33)23-31)14-18-36-20-26(2)22-38(40-36)42-29(5)9-10-30(42)6;/h7-12,15-16,19-24H,13-14,17-18H2,1-6H3;1H. The molecular formula is C38H42N4. The number of nitrogens with zero attached hydrogens (tertiary/aromatic N) is 4. The molecular weight excluding hydrogens is 512 g/mol. The van der Waals surface area contributed by atoms with Crippen molar-refractivity contribution in [3.8, 4) is 11.6 Å². The first-order valence-electron chi connectivity index (χ1n) is 15.0. The normalized spacial score (nSPS) is 11.5. The quantitative estimate of drug-likeness (QED) is 0.188. The van der Waals surface area contributed by atoms with Gasteiger partial charge in [0.25, 0.3) is 0 Å². The number of hydrogen-bond acceptors (Lipinski definition) is 2. The Hall–Kier alpha value is -4.44. The fourth-order valence-electron chi connectivity index (χ4n) is 6.19. The lowest BCUT2D eigenvalue weighted by Gasteiger charge is -2.12. The lowest BCUT2D eigenvalue weighted by atomic mass is 9.99. The van der Waals surface area contributed by atoms with Gasteiger partial charge in [0.15, 0.2) is 0 Å². The van der Waals surface area contributed by atoms with E-state index in [0.29, 0.717) is 0 Å². The lowest BCUT2D eigenvalue weighted by molar-refractivity contribution is 0.861. The van der Waals surface area contributed by atoms with Gasteiger partial charge in [0.1, 0.15) is 11.6 Å². The highest BCUT2D eigenvalue weighted by atomic mass is 15.1. The second kappa shape index (κ2) is 11.4. The van der Waals surface area contributed by atoms with Gasteiger partial charge in [-0.2, -0.15) is 0 Å². The zero-order chi connectivity index (χ0) is 29.4. The van der Waals surface area contributed by atoms with E-state index < -0.39 is 0 Å². The highest BCUT2D eigenvalue weighted by molar-refractivity contribution is 5.83. The summed E-state index contributed by atoms with van der Waals surface area (Å²) in [6, 6.07) is 31.2. The number of aromatic nitrogens is 4. The van der Waals surface area contributed by atoms with Gasteiger partial charge in [-0.05, 0) is 149 Å². The number of aryl methyl sites for hydroxylation is 10. The first-order valence-corrected chi connectivity index (χ1v) is 15.0. The van der Waals surface area contributed by atoms with Crippen molar-refractivity contribution in [2.45, 2.75) is 67.2 Å². The third-order valence-corrected chi connectivity index (χ3v) is 8.33. The van der Waals surface area contributed by atoms with Gasteiger partial charge in [-0.1, -0.05) is 36.4 Å². The molecule has 0 unspecified atom stereocenters. The third-order valence-electron chi connectivity index (χ3n) is 8.33. The molecule has 4 nitrogen and oxygen atoms in total. The summed E-state index contributed by atoms with van der Waals surface area (Å²) in [6.45, 7) is 12.9. The van der Waals surface area contributed by atoms with E-state index >= 15 is 0 Å². The van der Waals surface area contributed by atoms with Gasteiger partial charge in [0.05, 0.1) is 0 Å². The molecule has 6 rings (SSSR count). The van der Waals surface area contributed by atoms with Crippen molar-refractivity contribution in [3.05, 3.63) is 141 Å². The Balaban J connectivity index is 0.00000368. The van der Waals surface area contributed by atoms with Crippen LogP contribution >= 0.6 is 0 Å². The molecule has 42 heavy (non-hydrogen) atoms. The average molecular weight is 555 g/mol. The molecule has 0 spiro atoms. The van der Waals surface area contributed by atoms with Crippen LogP contribution in [0.5, 0.6) is 0 Å². The van der Waals surface area contributed by atoms with Gasteiger partial charge in [0.2, 0.25) is 0 Å². The van der Waals surface area contributed by atoms with Crippen molar-refractivity contribution in [2.24, 2.45) is 0 Å². The van der Waals surface area contributed by atoms with Crippen molar-refractivity contribution in [3.63, 3.8) is 0 Å². The minimum atomic E-state index is 0. The van der Waals surface area contributed by atoms with E-state index in [9.17, 15) is 0 Å². The number of benzene rings is 2. The Morgan fingerprint density at radius 1 is 0.452 bits per heavy atom. The van der Waals surface area contributed by atoms with Gasteiger partial charge < -0.3 is 9.13 Å². The number of rotatable bonds is 8. The molecule has 2 aromatic carbocycles. The Labute approximate surface area is 251 Å². The average Bonchev–Trinajstić information content (AvgIpc) is 3.48. The van der Waals surface area contributed by atoms with E-state index in [4.69, 9.17) is 9.97 Å². The first-order chi connectivity index (χ1) is 20.2. The smallest absolute Gasteiger partial charge is 0.137 e. The fraction of sp³-hybridized carbons (Fsp3) is 0.263. The van der Waals surface area contributed by atoms with Gasteiger partial charge in [-0.15, -0.1) is 0 Å². The Morgan fingerprint density at radius 3 is 1.26 bits per heavy atom. The number of pyridine rings is 2. The zero-order valence-electron chi connectivity index (χ0n) is 25.7. The molecule has 214 valence electrons. The lowest BCUT2D eigenvalue weighted by Crippen LogP contribution is -2.05. The van der Waals surface area contributed by atoms with Crippen LogP contribution in [0.1, 0.15) is 57.8 Å². The summed E-state index contributed by atoms with van der Waals surface area (Å²) in [5.74, 6) is 2.03. The topological polar surface area (TPSA) is 35.6 Å². The van der Waals surface area contributed by atoms with Crippen molar-refractivity contribution in [2.75, 3.05) is 0 Å². The SMILES string of the molecule is Cc1cc(CCc2ccc3ccc(CCc4cc(C)cc(-n5c(C)ccc5C)n4)cc3c2)nc(-n2c(C)ccc2C)c1.[HH]. The summed E-state index contributed by atoms with van der Waals surface area (Å²) in [5, 5.41) is 2.59. The van der Waals surface area contributed by atoms with Crippen LogP contribution in [-0.2, 0) is 25.7 Å². The van der Waals surface area contributed by atoms with Crippen LogP contribution in [0.25, 0.3) is 22.4 Å². The predicted octanol–water partition coefficient (Wildman–Crippen LogP) is 8.88. The molecule has 4 heterocycles. The van der Waals surface area contributed by atoms with Crippen LogP contribution in [0.15, 0.2) is 84.9 Å². The van der Waals surface area contributed by atoms with Gasteiger partial charge in [-0.3, -0.25) is 0 Å².